The molecular weight excluding hydrogens is 305 g/mol. The van der Waals surface area contributed by atoms with Gasteiger partial charge in [0, 0.05) is 14.9 Å². The number of carbonyl (C=O) groups is 2. The van der Waals surface area contributed by atoms with Crippen molar-refractivity contribution in [3.63, 3.8) is 0 Å². The minimum absolute atomic E-state index is 0.214. The number of halogens is 2. The van der Waals surface area contributed by atoms with Gasteiger partial charge in [-0.25, -0.2) is 4.98 Å². The van der Waals surface area contributed by atoms with Crippen LogP contribution in [-0.4, -0.2) is 16.4 Å². The summed E-state index contributed by atoms with van der Waals surface area (Å²) < 4.78 is 0. The Morgan fingerprint density at radius 2 is 1.84 bits per heavy atom. The van der Waals surface area contributed by atoms with Gasteiger partial charge in [-0.15, -0.1) is 0 Å². The molecule has 0 saturated heterocycles. The molecule has 0 spiro atoms. The molecule has 1 aromatic carbocycles. The minimum Gasteiger partial charge on any atom is -0.296 e. The highest BCUT2D eigenvalue weighted by Crippen LogP contribution is 2.28. The summed E-state index contributed by atoms with van der Waals surface area (Å²) in [5, 5.41) is 0.636. The van der Waals surface area contributed by atoms with Crippen LogP contribution in [0.3, 0.4) is 0 Å². The lowest BCUT2D eigenvalue weighted by Gasteiger charge is -2.02. The summed E-state index contributed by atoms with van der Waals surface area (Å²) in [7, 11) is 0. The first-order valence-corrected chi connectivity index (χ1v) is 6.76. The number of pyridine rings is 1. The van der Waals surface area contributed by atoms with Crippen LogP contribution in [0.1, 0.15) is 21.0 Å². The van der Waals surface area contributed by atoms with Crippen molar-refractivity contribution in [3.8, 4) is 0 Å². The van der Waals surface area contributed by atoms with Gasteiger partial charge in [0.05, 0.1) is 0 Å². The smallest absolute Gasteiger partial charge is 0.242 e. The van der Waals surface area contributed by atoms with Crippen molar-refractivity contribution in [1.29, 1.82) is 0 Å². The monoisotopic (exact) mass is 311 g/mol. The second-order valence-electron chi connectivity index (χ2n) is 3.56. The molecular formula is C13H7Cl2NO2S. The molecule has 96 valence electrons. The molecule has 2 rings (SSSR count). The summed E-state index contributed by atoms with van der Waals surface area (Å²) >= 11 is 12.7. The highest BCUT2D eigenvalue weighted by molar-refractivity contribution is 8.14. The maximum atomic E-state index is 12.0. The van der Waals surface area contributed by atoms with E-state index in [1.807, 2.05) is 0 Å². The molecule has 0 N–H and O–H groups in total. The van der Waals surface area contributed by atoms with Crippen LogP contribution < -0.4 is 0 Å². The number of thioether (sulfide) groups is 1. The van der Waals surface area contributed by atoms with Gasteiger partial charge in [0.2, 0.25) is 5.12 Å². The van der Waals surface area contributed by atoms with E-state index in [-0.39, 0.29) is 16.5 Å². The number of rotatable bonds is 3. The van der Waals surface area contributed by atoms with Crippen molar-refractivity contribution in [3.05, 3.63) is 57.8 Å². The number of nitrogens with zero attached hydrogens (tertiary/aromatic N) is 1. The topological polar surface area (TPSA) is 47.0 Å². The average molecular weight is 312 g/mol. The third-order valence-corrected chi connectivity index (χ3v) is 3.45. The molecule has 3 nitrogen and oxygen atoms in total. The van der Waals surface area contributed by atoms with Crippen LogP contribution in [-0.2, 0) is 0 Å². The second kappa shape index (κ2) is 6.19. The Balaban J connectivity index is 2.22. The first kappa shape index (κ1) is 14.1. The maximum absolute atomic E-state index is 12.0. The third kappa shape index (κ3) is 3.80. The lowest BCUT2D eigenvalue weighted by molar-refractivity contribution is 0.108. The van der Waals surface area contributed by atoms with Gasteiger partial charge in [0.1, 0.15) is 11.4 Å². The predicted octanol–water partition coefficient (Wildman–Crippen LogP) is 4.13. The molecule has 0 unspecified atom stereocenters. The zero-order valence-corrected chi connectivity index (χ0v) is 11.8. The van der Waals surface area contributed by atoms with E-state index in [2.05, 4.69) is 4.98 Å². The first-order chi connectivity index (χ1) is 9.08. The zero-order valence-electron chi connectivity index (χ0n) is 9.47. The lowest BCUT2D eigenvalue weighted by Crippen LogP contribution is -1.99. The van der Waals surface area contributed by atoms with Gasteiger partial charge in [-0.2, -0.15) is 0 Å². The standard InChI is InChI=1S/C13H7Cl2NO2S/c14-8-4-9(15)6-11(5-8)19-13(18)12-3-1-2-10(7-17)16-12/h1-7H. The molecule has 1 aromatic heterocycles. The van der Waals surface area contributed by atoms with Crippen molar-refractivity contribution < 1.29 is 9.59 Å². The van der Waals surface area contributed by atoms with Crippen molar-refractivity contribution in [2.45, 2.75) is 4.90 Å². The highest BCUT2D eigenvalue weighted by Gasteiger charge is 2.11. The molecule has 0 aliphatic heterocycles. The number of carbonyl (C=O) groups excluding carboxylic acids is 2. The van der Waals surface area contributed by atoms with Crippen LogP contribution in [0.25, 0.3) is 0 Å². The predicted molar refractivity (Wildman–Crippen MR) is 76.3 cm³/mol. The van der Waals surface area contributed by atoms with Gasteiger partial charge >= 0.3 is 0 Å². The molecule has 0 atom stereocenters. The number of aromatic nitrogens is 1. The number of benzene rings is 1. The molecule has 19 heavy (non-hydrogen) atoms. The van der Waals surface area contributed by atoms with Crippen LogP contribution in [0.2, 0.25) is 10.0 Å². The van der Waals surface area contributed by atoms with Gasteiger partial charge in [-0.05, 0) is 42.1 Å². The van der Waals surface area contributed by atoms with Gasteiger partial charge in [-0.1, -0.05) is 29.3 Å². The van der Waals surface area contributed by atoms with Crippen molar-refractivity contribution in [2.75, 3.05) is 0 Å². The van der Waals surface area contributed by atoms with Gasteiger partial charge in [-0.3, -0.25) is 9.59 Å². The van der Waals surface area contributed by atoms with E-state index in [1.54, 1.807) is 30.3 Å². The summed E-state index contributed by atoms with van der Waals surface area (Å²) in [6.07, 6.45) is 0.595. The number of aldehydes is 1. The Morgan fingerprint density at radius 3 is 2.47 bits per heavy atom. The zero-order chi connectivity index (χ0) is 13.8. The van der Waals surface area contributed by atoms with Crippen molar-refractivity contribution in [1.82, 2.24) is 4.98 Å². The lowest BCUT2D eigenvalue weighted by atomic mass is 10.3. The Morgan fingerprint density at radius 1 is 1.16 bits per heavy atom. The van der Waals surface area contributed by atoms with E-state index < -0.39 is 0 Å². The summed E-state index contributed by atoms with van der Waals surface area (Å²) in [4.78, 5) is 27.2. The molecule has 0 amide bonds. The molecule has 0 saturated carbocycles. The van der Waals surface area contributed by atoms with Gasteiger partial charge in [0.25, 0.3) is 0 Å². The van der Waals surface area contributed by atoms with Gasteiger partial charge in [0.15, 0.2) is 6.29 Å². The van der Waals surface area contributed by atoms with E-state index in [0.717, 1.165) is 11.8 Å². The number of hydrogen-bond acceptors (Lipinski definition) is 4. The summed E-state index contributed by atoms with van der Waals surface area (Å²) in [5.41, 5.74) is 0.432. The molecule has 1 heterocycles. The van der Waals surface area contributed by atoms with Crippen LogP contribution >= 0.6 is 35.0 Å². The van der Waals surface area contributed by atoms with E-state index in [9.17, 15) is 9.59 Å². The van der Waals surface area contributed by atoms with E-state index in [0.29, 0.717) is 21.2 Å². The highest BCUT2D eigenvalue weighted by atomic mass is 35.5. The Bertz CT molecular complexity index is 626. The fourth-order valence-corrected chi connectivity index (χ4v) is 2.84. The largest absolute Gasteiger partial charge is 0.296 e. The SMILES string of the molecule is O=Cc1cccc(C(=O)Sc2cc(Cl)cc(Cl)c2)n1. The van der Waals surface area contributed by atoms with Crippen LogP contribution in [0.15, 0.2) is 41.3 Å². The fraction of sp³-hybridized carbons (Fsp3) is 0. The van der Waals surface area contributed by atoms with Crippen LogP contribution in [0.5, 0.6) is 0 Å². The number of hydrogen-bond donors (Lipinski definition) is 0. The Hall–Kier alpha value is -1.36. The Kier molecular flexibility index (Phi) is 4.58. The first-order valence-electron chi connectivity index (χ1n) is 5.19. The van der Waals surface area contributed by atoms with Crippen LogP contribution in [0.4, 0.5) is 0 Å². The second-order valence-corrected chi connectivity index (χ2v) is 5.48. The molecule has 6 heteroatoms. The fourth-order valence-electron chi connectivity index (χ4n) is 1.38. The van der Waals surface area contributed by atoms with Gasteiger partial charge < -0.3 is 0 Å². The molecule has 0 bridgehead atoms. The minimum atomic E-state index is -0.276. The van der Waals surface area contributed by atoms with Crippen LogP contribution in [0, 0.1) is 0 Å². The summed E-state index contributed by atoms with van der Waals surface area (Å²) in [6.45, 7) is 0. The van der Waals surface area contributed by atoms with Crippen molar-refractivity contribution in [2.24, 2.45) is 0 Å². The molecule has 0 aliphatic rings. The molecule has 0 radical (unpaired) electrons. The quantitative estimate of drug-likeness (QED) is 0.631. The van der Waals surface area contributed by atoms with E-state index in [1.165, 1.54) is 6.07 Å². The average Bonchev–Trinajstić information content (AvgIpc) is 2.37. The van der Waals surface area contributed by atoms with E-state index >= 15 is 0 Å². The van der Waals surface area contributed by atoms with Crippen molar-refractivity contribution >= 4 is 46.4 Å². The van der Waals surface area contributed by atoms with E-state index in [4.69, 9.17) is 23.2 Å². The molecule has 0 aliphatic carbocycles. The normalized spacial score (nSPS) is 10.2. The summed E-state index contributed by atoms with van der Waals surface area (Å²) in [6, 6.07) is 9.55. The summed E-state index contributed by atoms with van der Waals surface area (Å²) in [5.74, 6) is 0. The third-order valence-electron chi connectivity index (χ3n) is 2.15. The maximum Gasteiger partial charge on any atom is 0.242 e. The Labute approximate surface area is 123 Å². The molecule has 2 aromatic rings. The molecule has 0 fully saturated rings.